The van der Waals surface area contributed by atoms with Crippen molar-refractivity contribution in [2.75, 3.05) is 18.6 Å². The van der Waals surface area contributed by atoms with Crippen molar-refractivity contribution in [1.29, 1.82) is 0 Å². The van der Waals surface area contributed by atoms with Crippen LogP contribution in [0.25, 0.3) is 0 Å². The molecule has 0 aromatic carbocycles. The van der Waals surface area contributed by atoms with Crippen molar-refractivity contribution in [2.24, 2.45) is 5.92 Å². The van der Waals surface area contributed by atoms with Gasteiger partial charge in [-0.1, -0.05) is 0 Å². The van der Waals surface area contributed by atoms with E-state index < -0.39 is 11.8 Å². The molecule has 1 fully saturated rings. The Bertz CT molecular complexity index is 210. The first-order valence-electron chi connectivity index (χ1n) is 4.27. The van der Waals surface area contributed by atoms with Gasteiger partial charge in [-0.3, -0.25) is 0 Å². The number of halogens is 1. The Balaban J connectivity index is 2.47. The molecule has 0 atom stereocenters. The van der Waals surface area contributed by atoms with Crippen molar-refractivity contribution < 1.29 is 13.9 Å². The first kappa shape index (κ1) is 10.6. The van der Waals surface area contributed by atoms with Crippen LogP contribution in [0, 0.1) is 5.92 Å². The Morgan fingerprint density at radius 1 is 1.54 bits per heavy atom. The molecule has 1 aliphatic rings. The lowest BCUT2D eigenvalue weighted by Crippen LogP contribution is -2.09. The number of thioether (sulfide) groups is 1. The van der Waals surface area contributed by atoms with E-state index >= 15 is 0 Å². The molecule has 0 amide bonds. The molecule has 0 unspecified atom stereocenters. The number of hydrogen-bond donors (Lipinski definition) is 0. The lowest BCUT2D eigenvalue weighted by Gasteiger charge is -2.17. The van der Waals surface area contributed by atoms with E-state index in [0.717, 1.165) is 24.3 Å². The summed E-state index contributed by atoms with van der Waals surface area (Å²) in [5.74, 6) is 0.698. The number of rotatable bonds is 2. The van der Waals surface area contributed by atoms with Gasteiger partial charge < -0.3 is 4.74 Å². The highest BCUT2D eigenvalue weighted by atomic mass is 32.2. The molecule has 2 nitrogen and oxygen atoms in total. The highest BCUT2D eigenvalue weighted by Crippen LogP contribution is 2.24. The van der Waals surface area contributed by atoms with E-state index in [1.807, 2.05) is 11.8 Å². The van der Waals surface area contributed by atoms with E-state index in [-0.39, 0.29) is 5.92 Å². The molecule has 1 saturated heterocycles. The molecule has 1 rings (SSSR count). The first-order chi connectivity index (χ1) is 6.24. The number of allylic oxidation sites excluding steroid dienone is 1. The fraction of sp³-hybridized carbons (Fsp3) is 0.667. The zero-order chi connectivity index (χ0) is 9.68. The summed E-state index contributed by atoms with van der Waals surface area (Å²) in [4.78, 5) is 10.7. The quantitative estimate of drug-likeness (QED) is 0.509. The molecule has 0 aromatic rings. The molecule has 0 radical (unpaired) electrons. The van der Waals surface area contributed by atoms with Crippen LogP contribution in [0.15, 0.2) is 11.9 Å². The van der Waals surface area contributed by atoms with E-state index in [1.54, 1.807) is 0 Å². The number of carbonyl (C=O) groups excluding carboxylic acids is 1. The van der Waals surface area contributed by atoms with Crippen LogP contribution in [0.5, 0.6) is 0 Å². The topological polar surface area (TPSA) is 26.3 Å². The van der Waals surface area contributed by atoms with E-state index in [2.05, 4.69) is 4.74 Å². The van der Waals surface area contributed by atoms with Gasteiger partial charge in [0.2, 0.25) is 5.83 Å². The van der Waals surface area contributed by atoms with Gasteiger partial charge in [0.15, 0.2) is 0 Å². The third kappa shape index (κ3) is 3.38. The van der Waals surface area contributed by atoms with Gasteiger partial charge in [0.25, 0.3) is 0 Å². The molecule has 0 N–H and O–H groups in total. The molecule has 74 valence electrons. The summed E-state index contributed by atoms with van der Waals surface area (Å²) in [7, 11) is 1.19. The van der Waals surface area contributed by atoms with Gasteiger partial charge in [0, 0.05) is 0 Å². The summed E-state index contributed by atoms with van der Waals surface area (Å²) in [6.07, 6.45) is 3.30. The summed E-state index contributed by atoms with van der Waals surface area (Å²) in [5.41, 5.74) is 0. The minimum absolute atomic E-state index is 0.209. The number of methoxy groups -OCH3 is 1. The minimum Gasteiger partial charge on any atom is -0.464 e. The number of ether oxygens (including phenoxy) is 1. The van der Waals surface area contributed by atoms with Crippen molar-refractivity contribution in [3.05, 3.63) is 11.9 Å². The highest BCUT2D eigenvalue weighted by Gasteiger charge is 2.15. The highest BCUT2D eigenvalue weighted by molar-refractivity contribution is 7.99. The molecular weight excluding hydrogens is 191 g/mol. The summed E-state index contributed by atoms with van der Waals surface area (Å²) in [5, 5.41) is 0. The molecular formula is C9H13FO2S. The van der Waals surface area contributed by atoms with Gasteiger partial charge in [-0.25, -0.2) is 4.79 Å². The summed E-state index contributed by atoms with van der Waals surface area (Å²) in [6, 6.07) is 0. The molecule has 13 heavy (non-hydrogen) atoms. The van der Waals surface area contributed by atoms with E-state index in [1.165, 1.54) is 13.2 Å². The predicted octanol–water partition coefficient (Wildman–Crippen LogP) is 2.16. The van der Waals surface area contributed by atoms with E-state index in [9.17, 15) is 9.18 Å². The Hall–Kier alpha value is -0.510. The van der Waals surface area contributed by atoms with Gasteiger partial charge in [0.05, 0.1) is 7.11 Å². The fourth-order valence-electron chi connectivity index (χ4n) is 1.25. The Labute approximate surface area is 81.5 Å². The van der Waals surface area contributed by atoms with Crippen molar-refractivity contribution in [3.8, 4) is 0 Å². The Morgan fingerprint density at radius 3 is 2.69 bits per heavy atom. The van der Waals surface area contributed by atoms with Gasteiger partial charge >= 0.3 is 5.97 Å². The van der Waals surface area contributed by atoms with Crippen LogP contribution in [-0.2, 0) is 9.53 Å². The third-order valence-electron chi connectivity index (χ3n) is 2.03. The second-order valence-electron chi connectivity index (χ2n) is 2.96. The van der Waals surface area contributed by atoms with Crippen molar-refractivity contribution in [2.45, 2.75) is 12.8 Å². The smallest absolute Gasteiger partial charge is 0.366 e. The van der Waals surface area contributed by atoms with Crippen molar-refractivity contribution in [3.63, 3.8) is 0 Å². The summed E-state index contributed by atoms with van der Waals surface area (Å²) in [6.45, 7) is 0. The van der Waals surface area contributed by atoms with Gasteiger partial charge in [-0.15, -0.1) is 0 Å². The molecule has 0 saturated carbocycles. The molecule has 0 aliphatic carbocycles. The van der Waals surface area contributed by atoms with Crippen LogP contribution in [0.4, 0.5) is 4.39 Å². The van der Waals surface area contributed by atoms with E-state index in [4.69, 9.17) is 0 Å². The normalized spacial score (nSPS) is 20.0. The predicted molar refractivity (Wildman–Crippen MR) is 51.3 cm³/mol. The average Bonchev–Trinajstić information content (AvgIpc) is 2.18. The van der Waals surface area contributed by atoms with Gasteiger partial charge in [-0.05, 0) is 36.3 Å². The van der Waals surface area contributed by atoms with Gasteiger partial charge in [-0.2, -0.15) is 16.2 Å². The largest absolute Gasteiger partial charge is 0.464 e. The maximum Gasteiger partial charge on any atom is 0.366 e. The van der Waals surface area contributed by atoms with Crippen LogP contribution >= 0.6 is 11.8 Å². The van der Waals surface area contributed by atoms with Crippen molar-refractivity contribution >= 4 is 17.7 Å². The molecule has 0 bridgehead atoms. The number of carbonyl (C=O) groups is 1. The number of hydrogen-bond acceptors (Lipinski definition) is 3. The molecule has 4 heteroatoms. The molecule has 0 aromatic heterocycles. The van der Waals surface area contributed by atoms with Crippen LogP contribution in [0.3, 0.4) is 0 Å². The monoisotopic (exact) mass is 204 g/mol. The lowest BCUT2D eigenvalue weighted by molar-refractivity contribution is -0.137. The first-order valence-corrected chi connectivity index (χ1v) is 5.43. The van der Waals surface area contributed by atoms with Gasteiger partial charge in [0.1, 0.15) is 0 Å². The van der Waals surface area contributed by atoms with E-state index in [0.29, 0.717) is 0 Å². The fourth-order valence-corrected chi connectivity index (χ4v) is 2.40. The zero-order valence-electron chi connectivity index (χ0n) is 7.59. The lowest BCUT2D eigenvalue weighted by atomic mass is 10.0. The maximum absolute atomic E-state index is 13.0. The second-order valence-corrected chi connectivity index (χ2v) is 4.18. The minimum atomic E-state index is -0.863. The SMILES string of the molecule is COC(=O)/C(F)=C/C1CCSCC1. The Kier molecular flexibility index (Phi) is 4.28. The summed E-state index contributed by atoms with van der Waals surface area (Å²) >= 11 is 1.87. The standard InChI is InChI=1S/C9H13FO2S/c1-12-9(11)8(10)6-7-2-4-13-5-3-7/h6-7H,2-5H2,1H3/b8-6-. The van der Waals surface area contributed by atoms with Crippen LogP contribution in [-0.4, -0.2) is 24.6 Å². The molecule has 1 aliphatic heterocycles. The van der Waals surface area contributed by atoms with Crippen LogP contribution in [0.2, 0.25) is 0 Å². The average molecular weight is 204 g/mol. The summed E-state index contributed by atoms with van der Waals surface area (Å²) < 4.78 is 17.2. The third-order valence-corrected chi connectivity index (χ3v) is 3.08. The Morgan fingerprint density at radius 2 is 2.15 bits per heavy atom. The second kappa shape index (κ2) is 5.27. The maximum atomic E-state index is 13.0. The van der Waals surface area contributed by atoms with Crippen molar-refractivity contribution in [1.82, 2.24) is 0 Å². The van der Waals surface area contributed by atoms with Crippen LogP contribution < -0.4 is 0 Å². The molecule has 1 heterocycles. The number of esters is 1. The molecule has 0 spiro atoms. The van der Waals surface area contributed by atoms with Crippen LogP contribution in [0.1, 0.15) is 12.8 Å². The zero-order valence-corrected chi connectivity index (χ0v) is 8.40.